The predicted molar refractivity (Wildman–Crippen MR) is 99.3 cm³/mol. The van der Waals surface area contributed by atoms with E-state index in [0.717, 1.165) is 30.1 Å². The van der Waals surface area contributed by atoms with Crippen molar-refractivity contribution in [3.05, 3.63) is 53.0 Å². The van der Waals surface area contributed by atoms with Crippen molar-refractivity contribution in [2.24, 2.45) is 0 Å². The average molecular weight is 374 g/mol. The summed E-state index contributed by atoms with van der Waals surface area (Å²) in [5.41, 5.74) is 5.85. The molecule has 1 aliphatic heterocycles. The number of rotatable bonds is 5. The lowest BCUT2D eigenvalue weighted by Crippen LogP contribution is -2.41. The molecule has 1 aliphatic rings. The number of hydrazine groups is 1. The second-order valence-electron chi connectivity index (χ2n) is 6.18. The highest BCUT2D eigenvalue weighted by molar-refractivity contribution is 7.99. The van der Waals surface area contributed by atoms with Crippen molar-refractivity contribution in [2.75, 3.05) is 12.4 Å². The van der Waals surface area contributed by atoms with Crippen molar-refractivity contribution in [2.45, 2.75) is 37.7 Å². The molecule has 0 saturated carbocycles. The summed E-state index contributed by atoms with van der Waals surface area (Å²) in [5.74, 6) is 1.21. The Kier molecular flexibility index (Phi) is 6.00. The summed E-state index contributed by atoms with van der Waals surface area (Å²) in [6, 6.07) is 8.98. The first-order valence-electron chi connectivity index (χ1n) is 8.55. The van der Waals surface area contributed by atoms with Gasteiger partial charge in [0.05, 0.1) is 17.2 Å². The van der Waals surface area contributed by atoms with Gasteiger partial charge >= 0.3 is 0 Å². The van der Waals surface area contributed by atoms with E-state index in [-0.39, 0.29) is 12.0 Å². The molecule has 0 bridgehead atoms. The van der Waals surface area contributed by atoms with Crippen LogP contribution in [-0.4, -0.2) is 30.3 Å². The zero-order valence-electron chi connectivity index (χ0n) is 14.8. The van der Waals surface area contributed by atoms with Crippen molar-refractivity contribution >= 4 is 23.6 Å². The van der Waals surface area contributed by atoms with Crippen LogP contribution in [0.5, 0.6) is 0 Å². The van der Waals surface area contributed by atoms with Gasteiger partial charge in [-0.2, -0.15) is 0 Å². The normalized spacial score (nSPS) is 16.5. The number of aryl methyl sites for hydroxylation is 2. The molecule has 0 spiro atoms. The number of benzene rings is 1. The fourth-order valence-electron chi connectivity index (χ4n) is 2.84. The molecule has 2 aromatic rings. The van der Waals surface area contributed by atoms with Crippen LogP contribution in [-0.2, 0) is 4.74 Å². The van der Waals surface area contributed by atoms with Gasteiger partial charge in [0, 0.05) is 17.3 Å². The number of nitrogens with one attached hydrogen (secondary N) is 2. The lowest BCUT2D eigenvalue weighted by molar-refractivity contribution is 0.0844. The molecule has 2 heterocycles. The van der Waals surface area contributed by atoms with Gasteiger partial charge in [0.25, 0.3) is 11.8 Å². The molecule has 0 radical (unpaired) electrons. The maximum Gasteiger partial charge on any atom is 0.273 e. The fourth-order valence-corrected chi connectivity index (χ4v) is 3.96. The zero-order valence-corrected chi connectivity index (χ0v) is 15.7. The molecule has 1 unspecified atom stereocenters. The van der Waals surface area contributed by atoms with Crippen LogP contribution >= 0.6 is 11.8 Å². The highest BCUT2D eigenvalue weighted by Crippen LogP contribution is 2.26. The molecule has 3 rings (SSSR count). The SMILES string of the molecule is Cc1cc(C(=O)NNC(=O)c2ccccc2SCC2CCCO2)c(C)o1. The van der Waals surface area contributed by atoms with Crippen LogP contribution in [0.1, 0.15) is 45.1 Å². The summed E-state index contributed by atoms with van der Waals surface area (Å²) >= 11 is 1.60. The second kappa shape index (κ2) is 8.42. The van der Waals surface area contributed by atoms with E-state index in [1.165, 1.54) is 0 Å². The van der Waals surface area contributed by atoms with Crippen LogP contribution in [0.3, 0.4) is 0 Å². The van der Waals surface area contributed by atoms with Crippen molar-refractivity contribution < 1.29 is 18.7 Å². The third-order valence-electron chi connectivity index (χ3n) is 4.16. The number of carbonyl (C=O) groups excluding carboxylic acids is 2. The molecule has 1 fully saturated rings. The molecule has 138 valence electrons. The fraction of sp³-hybridized carbons (Fsp3) is 0.368. The number of carbonyl (C=O) groups is 2. The Morgan fingerprint density at radius 3 is 2.54 bits per heavy atom. The highest BCUT2D eigenvalue weighted by Gasteiger charge is 2.19. The average Bonchev–Trinajstić information content (AvgIpc) is 3.27. The monoisotopic (exact) mass is 374 g/mol. The maximum absolute atomic E-state index is 12.5. The Morgan fingerprint density at radius 1 is 1.15 bits per heavy atom. The molecule has 0 aliphatic carbocycles. The van der Waals surface area contributed by atoms with Gasteiger partial charge in [-0.1, -0.05) is 12.1 Å². The van der Waals surface area contributed by atoms with Crippen LogP contribution in [0.15, 0.2) is 39.6 Å². The van der Waals surface area contributed by atoms with Crippen LogP contribution in [0.2, 0.25) is 0 Å². The van der Waals surface area contributed by atoms with Gasteiger partial charge in [0.2, 0.25) is 0 Å². The molecule has 7 heteroatoms. The van der Waals surface area contributed by atoms with Crippen LogP contribution in [0.25, 0.3) is 0 Å². The molecular weight excluding hydrogens is 352 g/mol. The summed E-state index contributed by atoms with van der Waals surface area (Å²) in [7, 11) is 0. The van der Waals surface area contributed by atoms with E-state index in [0.29, 0.717) is 22.6 Å². The molecule has 2 amide bonds. The Labute approximate surface area is 156 Å². The van der Waals surface area contributed by atoms with E-state index >= 15 is 0 Å². The lowest BCUT2D eigenvalue weighted by atomic mass is 10.2. The van der Waals surface area contributed by atoms with E-state index in [2.05, 4.69) is 10.9 Å². The smallest absolute Gasteiger partial charge is 0.273 e. The van der Waals surface area contributed by atoms with Crippen molar-refractivity contribution in [1.82, 2.24) is 10.9 Å². The quantitative estimate of drug-likeness (QED) is 0.620. The number of amides is 2. The Bertz CT molecular complexity index is 797. The number of hydrogen-bond acceptors (Lipinski definition) is 5. The molecular formula is C19H22N2O4S. The van der Waals surface area contributed by atoms with E-state index < -0.39 is 5.91 Å². The number of hydrogen-bond donors (Lipinski definition) is 2. The van der Waals surface area contributed by atoms with Gasteiger partial charge in [-0.25, -0.2) is 0 Å². The lowest BCUT2D eigenvalue weighted by Gasteiger charge is -2.12. The summed E-state index contributed by atoms with van der Waals surface area (Å²) < 4.78 is 11.0. The zero-order chi connectivity index (χ0) is 18.5. The minimum absolute atomic E-state index is 0.239. The highest BCUT2D eigenvalue weighted by atomic mass is 32.2. The van der Waals surface area contributed by atoms with Gasteiger partial charge in [0.1, 0.15) is 11.5 Å². The van der Waals surface area contributed by atoms with Gasteiger partial charge in [-0.15, -0.1) is 11.8 Å². The maximum atomic E-state index is 12.5. The first-order chi connectivity index (χ1) is 12.5. The van der Waals surface area contributed by atoms with Crippen LogP contribution in [0.4, 0.5) is 0 Å². The van der Waals surface area contributed by atoms with Crippen molar-refractivity contribution in [1.29, 1.82) is 0 Å². The second-order valence-corrected chi connectivity index (χ2v) is 7.24. The number of furan rings is 1. The van der Waals surface area contributed by atoms with Gasteiger partial charge in [-0.05, 0) is 44.9 Å². The standard InChI is InChI=1S/C19H22N2O4S/c1-12-10-16(13(2)25-12)19(23)21-20-18(22)15-7-3-4-8-17(15)26-11-14-6-5-9-24-14/h3-4,7-8,10,14H,5-6,9,11H2,1-2H3,(H,20,22)(H,21,23). The third-order valence-corrected chi connectivity index (χ3v) is 5.36. The molecule has 6 nitrogen and oxygen atoms in total. The molecule has 1 saturated heterocycles. The third kappa shape index (κ3) is 4.47. The van der Waals surface area contributed by atoms with E-state index in [1.807, 2.05) is 12.1 Å². The Morgan fingerprint density at radius 2 is 1.88 bits per heavy atom. The summed E-state index contributed by atoms with van der Waals surface area (Å²) in [4.78, 5) is 25.6. The predicted octanol–water partition coefficient (Wildman–Crippen LogP) is 3.24. The van der Waals surface area contributed by atoms with Crippen LogP contribution in [0, 0.1) is 13.8 Å². The van der Waals surface area contributed by atoms with E-state index in [4.69, 9.17) is 9.15 Å². The topological polar surface area (TPSA) is 80.6 Å². The molecule has 2 N–H and O–H groups in total. The molecule has 1 aromatic carbocycles. The molecule has 26 heavy (non-hydrogen) atoms. The Hall–Kier alpha value is -2.25. The summed E-state index contributed by atoms with van der Waals surface area (Å²) in [5, 5.41) is 0. The van der Waals surface area contributed by atoms with Gasteiger partial charge in [0.15, 0.2) is 0 Å². The van der Waals surface area contributed by atoms with Crippen molar-refractivity contribution in [3.8, 4) is 0 Å². The van der Waals surface area contributed by atoms with E-state index in [1.54, 1.807) is 43.8 Å². The van der Waals surface area contributed by atoms with Crippen LogP contribution < -0.4 is 10.9 Å². The first kappa shape index (κ1) is 18.5. The minimum atomic E-state index is -0.405. The summed E-state index contributed by atoms with van der Waals surface area (Å²) in [6.07, 6.45) is 2.39. The number of ether oxygens (including phenoxy) is 1. The summed E-state index contributed by atoms with van der Waals surface area (Å²) in [6.45, 7) is 4.29. The first-order valence-corrected chi connectivity index (χ1v) is 9.54. The minimum Gasteiger partial charge on any atom is -0.466 e. The molecule has 1 atom stereocenters. The van der Waals surface area contributed by atoms with Crippen molar-refractivity contribution in [3.63, 3.8) is 0 Å². The largest absolute Gasteiger partial charge is 0.466 e. The van der Waals surface area contributed by atoms with E-state index in [9.17, 15) is 9.59 Å². The Balaban J connectivity index is 1.60. The van der Waals surface area contributed by atoms with Gasteiger partial charge in [-0.3, -0.25) is 20.4 Å². The number of thioether (sulfide) groups is 1. The van der Waals surface area contributed by atoms with Gasteiger partial charge < -0.3 is 9.15 Å². The molecule has 1 aromatic heterocycles.